The number of aromatic carboxylic acids is 1. The minimum absolute atomic E-state index is 0.0726. The predicted molar refractivity (Wildman–Crippen MR) is 76.6 cm³/mol. The first kappa shape index (κ1) is 19.0. The molecule has 1 aliphatic heterocycles. The number of halogens is 3. The summed E-state index contributed by atoms with van der Waals surface area (Å²) in [6, 6.07) is 2.19. The van der Waals surface area contributed by atoms with Crippen molar-refractivity contribution in [3.8, 4) is 0 Å². The van der Waals surface area contributed by atoms with Gasteiger partial charge in [0.25, 0.3) is 0 Å². The molecule has 5 nitrogen and oxygen atoms in total. The van der Waals surface area contributed by atoms with Crippen LogP contribution in [0.2, 0.25) is 0 Å². The lowest BCUT2D eigenvalue weighted by Crippen LogP contribution is -2.87. The quantitative estimate of drug-likeness (QED) is 0.567. The molecule has 124 valence electrons. The molecule has 1 aromatic carbocycles. The fraction of sp³-hybridized carbons (Fsp3) is 0.500. The third-order valence-corrected chi connectivity index (χ3v) is 3.23. The van der Waals surface area contributed by atoms with Gasteiger partial charge >= 0.3 is 0 Å². The van der Waals surface area contributed by atoms with Gasteiger partial charge in [-0.15, -0.1) is 0 Å². The first-order chi connectivity index (χ1) is 10.6. The summed E-state index contributed by atoms with van der Waals surface area (Å²) in [5.41, 5.74) is -0.403. The molecule has 0 aliphatic carbocycles. The Morgan fingerprint density at radius 2 is 2.00 bits per heavy atom. The van der Waals surface area contributed by atoms with Crippen LogP contribution in [0.25, 0.3) is 0 Å². The summed E-state index contributed by atoms with van der Waals surface area (Å²) >= 11 is 3.01. The molecular weight excluding hydrogens is 364 g/mol. The number of carboxylic acids is 1. The van der Waals surface area contributed by atoms with Gasteiger partial charge in [0.1, 0.15) is 5.52 Å². The molecule has 2 N–H and O–H groups in total. The van der Waals surface area contributed by atoms with E-state index in [-0.39, 0.29) is 18.6 Å². The maximum Gasteiger partial charge on any atom is 0.168 e. The number of hydrogen-bond acceptors (Lipinski definition) is 4. The highest BCUT2D eigenvalue weighted by molar-refractivity contribution is 9.09. The van der Waals surface area contributed by atoms with E-state index < -0.39 is 23.2 Å². The number of carbonyl (C=O) groups excluding carboxylic acids is 1. The van der Waals surface area contributed by atoms with Crippen molar-refractivity contribution in [3.63, 3.8) is 0 Å². The monoisotopic (exact) mass is 381 g/mol. The third kappa shape index (κ3) is 6.35. The molecule has 8 heteroatoms. The summed E-state index contributed by atoms with van der Waals surface area (Å²) in [6.45, 7) is 4.41. The van der Waals surface area contributed by atoms with E-state index in [9.17, 15) is 18.7 Å². The molecule has 1 saturated heterocycles. The van der Waals surface area contributed by atoms with Crippen LogP contribution < -0.4 is 10.4 Å². The van der Waals surface area contributed by atoms with Crippen LogP contribution in [0.3, 0.4) is 0 Å². The van der Waals surface area contributed by atoms with E-state index in [1.807, 2.05) is 0 Å². The van der Waals surface area contributed by atoms with E-state index in [0.717, 1.165) is 32.4 Å². The van der Waals surface area contributed by atoms with Crippen molar-refractivity contribution in [1.82, 2.24) is 0 Å². The van der Waals surface area contributed by atoms with Crippen molar-refractivity contribution in [2.24, 2.45) is 0 Å². The van der Waals surface area contributed by atoms with Gasteiger partial charge in [-0.05, 0) is 18.1 Å². The number of carboxylic acid groups (broad SMARTS) is 1. The van der Waals surface area contributed by atoms with Gasteiger partial charge < -0.3 is 24.7 Å². The topological polar surface area (TPSA) is 75.2 Å². The summed E-state index contributed by atoms with van der Waals surface area (Å²) < 4.78 is 36.4. The largest absolute Gasteiger partial charge is 0.545 e. The molecule has 0 saturated carbocycles. The Balaban J connectivity index is 0.000000335. The van der Waals surface area contributed by atoms with Crippen LogP contribution in [0, 0.1) is 11.6 Å². The van der Waals surface area contributed by atoms with E-state index >= 15 is 0 Å². The molecule has 22 heavy (non-hydrogen) atoms. The molecule has 0 spiro atoms. The zero-order valence-corrected chi connectivity index (χ0v) is 13.5. The Labute approximate surface area is 135 Å². The molecule has 0 atom stereocenters. The zero-order chi connectivity index (χ0) is 16.4. The van der Waals surface area contributed by atoms with Crippen LogP contribution >= 0.6 is 15.9 Å². The molecule has 0 radical (unpaired) electrons. The number of morpholine rings is 1. The highest BCUT2D eigenvalue weighted by Crippen LogP contribution is 2.16. The fourth-order valence-corrected chi connectivity index (χ4v) is 1.99. The summed E-state index contributed by atoms with van der Waals surface area (Å²) in [6.07, 6.45) is 0.168. The highest BCUT2D eigenvalue weighted by Gasteiger charge is 2.13. The van der Waals surface area contributed by atoms with Gasteiger partial charge in [0, 0.05) is 5.56 Å². The number of rotatable bonds is 5. The molecule has 1 aromatic rings. The lowest BCUT2D eigenvalue weighted by atomic mass is 10.1. The number of quaternary nitrogens is 1. The van der Waals surface area contributed by atoms with E-state index in [4.69, 9.17) is 9.47 Å². The highest BCUT2D eigenvalue weighted by atomic mass is 79.9. The summed E-state index contributed by atoms with van der Waals surface area (Å²) in [7, 11) is 0. The maximum absolute atomic E-state index is 13.3. The number of hydrogen-bond donors (Lipinski definition) is 1. The van der Waals surface area contributed by atoms with Crippen molar-refractivity contribution in [2.75, 3.05) is 38.4 Å². The van der Waals surface area contributed by atoms with Gasteiger partial charge in [-0.3, -0.25) is 0 Å². The Morgan fingerprint density at radius 1 is 1.32 bits per heavy atom. The third-order valence-electron chi connectivity index (χ3n) is 2.91. The molecule has 1 heterocycles. The molecule has 2 rings (SSSR count). The number of alkyl halides is 1. The Kier molecular flexibility index (Phi) is 9.14. The van der Waals surface area contributed by atoms with Crippen molar-refractivity contribution in [3.05, 3.63) is 34.9 Å². The summed E-state index contributed by atoms with van der Waals surface area (Å²) in [5, 5.41) is 12.7. The number of nitrogens with two attached hydrogens (primary N) is 1. The van der Waals surface area contributed by atoms with Crippen LogP contribution in [0.4, 0.5) is 8.78 Å². The molecule has 1 fully saturated rings. The van der Waals surface area contributed by atoms with E-state index in [1.54, 1.807) is 0 Å². The van der Waals surface area contributed by atoms with Gasteiger partial charge in [0.15, 0.2) is 11.6 Å². The first-order valence-corrected chi connectivity index (χ1v) is 7.91. The second-order valence-electron chi connectivity index (χ2n) is 4.43. The standard InChI is InChI=1S/C10H9BrF2O3.C4H9NO/c11-5-16-4-3-6-1-2-7(10(14)15)9(13)8(6)12;1-3-6-4-2-5-1/h1-2H,3-5H2,(H,14,15);5H,1-4H2. The Bertz CT molecular complexity index is 473. The molecular formula is C14H18BrF2NO4. The molecule has 1 aliphatic rings. The summed E-state index contributed by atoms with van der Waals surface area (Å²) in [5.74, 6) is -4.30. The van der Waals surface area contributed by atoms with Crippen molar-refractivity contribution < 1.29 is 33.5 Å². The van der Waals surface area contributed by atoms with E-state index in [1.165, 1.54) is 6.07 Å². The van der Waals surface area contributed by atoms with Crippen molar-refractivity contribution >= 4 is 21.9 Å². The number of carbonyl (C=O) groups is 1. The lowest BCUT2D eigenvalue weighted by molar-refractivity contribution is -0.670. The van der Waals surface area contributed by atoms with Gasteiger partial charge in [-0.2, -0.15) is 0 Å². The van der Waals surface area contributed by atoms with Crippen molar-refractivity contribution in [1.29, 1.82) is 0 Å². The average molecular weight is 382 g/mol. The summed E-state index contributed by atoms with van der Waals surface area (Å²) in [4.78, 5) is 10.4. The first-order valence-electron chi connectivity index (χ1n) is 6.79. The maximum atomic E-state index is 13.3. The SMILES string of the molecule is C1COCC[NH2+]1.O=C([O-])c1ccc(CCOCBr)c(F)c1F. The van der Waals surface area contributed by atoms with Crippen LogP contribution in [0.15, 0.2) is 12.1 Å². The fourth-order valence-electron chi connectivity index (χ4n) is 1.76. The minimum Gasteiger partial charge on any atom is -0.545 e. The average Bonchev–Trinajstić information content (AvgIpc) is 2.53. The van der Waals surface area contributed by atoms with Gasteiger partial charge in [-0.1, -0.05) is 22.0 Å². The molecule has 0 bridgehead atoms. The van der Waals surface area contributed by atoms with Gasteiger partial charge in [0.2, 0.25) is 0 Å². The smallest absolute Gasteiger partial charge is 0.168 e. The second-order valence-corrected chi connectivity index (χ2v) is 4.89. The van der Waals surface area contributed by atoms with Crippen LogP contribution in [-0.4, -0.2) is 44.4 Å². The molecule has 0 unspecified atom stereocenters. The van der Waals surface area contributed by atoms with Crippen molar-refractivity contribution in [2.45, 2.75) is 6.42 Å². The minimum atomic E-state index is -1.74. The normalized spacial score (nSPS) is 14.1. The van der Waals surface area contributed by atoms with Crippen LogP contribution in [0.1, 0.15) is 15.9 Å². The van der Waals surface area contributed by atoms with Crippen LogP contribution in [-0.2, 0) is 15.9 Å². The second kappa shape index (κ2) is 10.6. The predicted octanol–water partition coefficient (Wildman–Crippen LogP) is -0.180. The van der Waals surface area contributed by atoms with Crippen LogP contribution in [0.5, 0.6) is 0 Å². The van der Waals surface area contributed by atoms with E-state index in [2.05, 4.69) is 21.2 Å². The van der Waals surface area contributed by atoms with Gasteiger partial charge in [0.05, 0.1) is 38.9 Å². The lowest BCUT2D eigenvalue weighted by Gasteiger charge is -2.08. The number of ether oxygens (including phenoxy) is 2. The number of benzene rings is 1. The Morgan fingerprint density at radius 3 is 2.45 bits per heavy atom. The van der Waals surface area contributed by atoms with Gasteiger partial charge in [-0.25, -0.2) is 8.78 Å². The molecule has 0 amide bonds. The Hall–Kier alpha value is -1.09. The molecule has 0 aromatic heterocycles. The van der Waals surface area contributed by atoms with E-state index in [0.29, 0.717) is 5.52 Å². The zero-order valence-electron chi connectivity index (χ0n) is 11.9.